The van der Waals surface area contributed by atoms with Crippen LogP contribution >= 0.6 is 24.0 Å². The monoisotopic (exact) mass is 526 g/mol. The van der Waals surface area contributed by atoms with E-state index in [4.69, 9.17) is 4.74 Å². The first kappa shape index (κ1) is 24.4. The van der Waals surface area contributed by atoms with Gasteiger partial charge in [0, 0.05) is 25.7 Å². The van der Waals surface area contributed by atoms with Crippen molar-refractivity contribution in [2.45, 2.75) is 32.1 Å². The number of hydrogen-bond acceptors (Lipinski definition) is 6. The van der Waals surface area contributed by atoms with Crippen LogP contribution in [0.3, 0.4) is 0 Å². The number of guanidine groups is 1. The minimum Gasteiger partial charge on any atom is -0.490 e. The van der Waals surface area contributed by atoms with Crippen molar-refractivity contribution in [1.29, 1.82) is 0 Å². The van der Waals surface area contributed by atoms with Crippen LogP contribution in [0.25, 0.3) is 0 Å². The highest BCUT2D eigenvalue weighted by Crippen LogP contribution is 2.28. The molecule has 1 aliphatic heterocycles. The number of ether oxygens (including phenoxy) is 1. The molecule has 1 N–H and O–H groups in total. The summed E-state index contributed by atoms with van der Waals surface area (Å²) >= 11 is 0. The number of rotatable bonds is 5. The van der Waals surface area contributed by atoms with Gasteiger partial charge in [-0.3, -0.25) is 10.1 Å². The number of nitro groups is 1. The minimum atomic E-state index is -3.15. The molecule has 0 atom stereocenters. The summed E-state index contributed by atoms with van der Waals surface area (Å²) in [5, 5.41) is 14.3. The number of nitro benzene ring substituents is 1. The van der Waals surface area contributed by atoms with Gasteiger partial charge >= 0.3 is 5.69 Å². The highest BCUT2D eigenvalue weighted by atomic mass is 127. The largest absolute Gasteiger partial charge is 0.490 e. The second kappa shape index (κ2) is 9.72. The van der Waals surface area contributed by atoms with Crippen molar-refractivity contribution in [3.63, 3.8) is 0 Å². The first-order chi connectivity index (χ1) is 12.6. The summed E-state index contributed by atoms with van der Waals surface area (Å²) in [4.78, 5) is 17.1. The van der Waals surface area contributed by atoms with Gasteiger partial charge in [0.15, 0.2) is 21.5 Å². The Bertz CT molecular complexity index is 842. The summed E-state index contributed by atoms with van der Waals surface area (Å²) in [6, 6.07) is 4.71. The predicted molar refractivity (Wildman–Crippen MR) is 119 cm³/mol. The fourth-order valence-corrected chi connectivity index (χ4v) is 4.26. The van der Waals surface area contributed by atoms with Gasteiger partial charge in [-0.15, -0.1) is 24.0 Å². The van der Waals surface area contributed by atoms with Crippen molar-refractivity contribution in [3.8, 4) is 5.75 Å². The molecule has 1 aromatic carbocycles. The molecule has 0 bridgehead atoms. The van der Waals surface area contributed by atoms with E-state index in [9.17, 15) is 18.5 Å². The van der Waals surface area contributed by atoms with E-state index in [0.717, 1.165) is 0 Å². The summed E-state index contributed by atoms with van der Waals surface area (Å²) in [6.07, 6.45) is 0. The zero-order valence-corrected chi connectivity index (χ0v) is 19.6. The molecule has 11 heteroatoms. The molecule has 1 aromatic rings. The molecule has 0 amide bonds. The molecular formula is C17H27IN4O5S. The molecule has 1 saturated heterocycles. The van der Waals surface area contributed by atoms with E-state index in [-0.39, 0.29) is 47.7 Å². The number of nitrogens with zero attached hydrogens (tertiary/aromatic N) is 3. The van der Waals surface area contributed by atoms with E-state index < -0.39 is 19.5 Å². The average Bonchev–Trinajstić information content (AvgIpc) is 2.60. The van der Waals surface area contributed by atoms with Gasteiger partial charge < -0.3 is 15.0 Å². The molecule has 0 spiro atoms. The van der Waals surface area contributed by atoms with Crippen LogP contribution in [-0.2, 0) is 16.4 Å². The zero-order valence-electron chi connectivity index (χ0n) is 16.5. The third-order valence-corrected chi connectivity index (χ3v) is 7.06. The van der Waals surface area contributed by atoms with Crippen molar-refractivity contribution in [2.24, 2.45) is 4.99 Å². The van der Waals surface area contributed by atoms with Gasteiger partial charge in [-0.05, 0) is 32.4 Å². The SMILES string of the molecule is CCNC(=NCc1ccc(OC)c([N+](=O)[O-])c1)N1CCS(=O)(=O)C(C)(C)C1.I. The Labute approximate surface area is 182 Å². The Hall–Kier alpha value is -1.63. The van der Waals surface area contributed by atoms with Gasteiger partial charge in [0.1, 0.15) is 0 Å². The van der Waals surface area contributed by atoms with Crippen LogP contribution < -0.4 is 10.1 Å². The lowest BCUT2D eigenvalue weighted by atomic mass is 10.2. The van der Waals surface area contributed by atoms with E-state index >= 15 is 0 Å². The summed E-state index contributed by atoms with van der Waals surface area (Å²) in [6.45, 7) is 6.92. The quantitative estimate of drug-likeness (QED) is 0.206. The van der Waals surface area contributed by atoms with E-state index in [1.165, 1.54) is 13.2 Å². The molecule has 0 aliphatic carbocycles. The van der Waals surface area contributed by atoms with E-state index in [0.29, 0.717) is 31.2 Å². The maximum absolute atomic E-state index is 12.2. The summed E-state index contributed by atoms with van der Waals surface area (Å²) in [5.41, 5.74) is 0.558. The smallest absolute Gasteiger partial charge is 0.311 e. The molecule has 9 nitrogen and oxygen atoms in total. The van der Waals surface area contributed by atoms with Crippen molar-refractivity contribution in [3.05, 3.63) is 33.9 Å². The van der Waals surface area contributed by atoms with E-state index in [1.54, 1.807) is 26.0 Å². The molecule has 1 fully saturated rings. The number of hydrogen-bond donors (Lipinski definition) is 1. The number of halogens is 1. The number of nitrogens with one attached hydrogen (secondary N) is 1. The number of aliphatic imine (C=N–C) groups is 1. The average molecular weight is 526 g/mol. The molecule has 1 aliphatic rings. The molecule has 2 rings (SSSR count). The Morgan fingerprint density at radius 2 is 2.11 bits per heavy atom. The molecule has 1 heterocycles. The van der Waals surface area contributed by atoms with Crippen LogP contribution in [0.15, 0.2) is 23.2 Å². The molecule has 28 heavy (non-hydrogen) atoms. The lowest BCUT2D eigenvalue weighted by Crippen LogP contribution is -2.57. The van der Waals surface area contributed by atoms with Gasteiger partial charge in [0.05, 0.1) is 29.1 Å². The van der Waals surface area contributed by atoms with Gasteiger partial charge in [0.2, 0.25) is 0 Å². The number of sulfone groups is 1. The summed E-state index contributed by atoms with van der Waals surface area (Å²) in [7, 11) is -1.76. The topological polar surface area (TPSA) is 114 Å². The Morgan fingerprint density at radius 3 is 2.64 bits per heavy atom. The molecular weight excluding hydrogens is 499 g/mol. The van der Waals surface area contributed by atoms with Crippen LogP contribution in [-0.4, -0.2) is 61.4 Å². The maximum atomic E-state index is 12.2. The highest BCUT2D eigenvalue weighted by molar-refractivity contribution is 14.0. The van der Waals surface area contributed by atoms with Crippen LogP contribution in [0.1, 0.15) is 26.3 Å². The van der Waals surface area contributed by atoms with E-state index in [2.05, 4.69) is 10.3 Å². The van der Waals surface area contributed by atoms with Crippen molar-refractivity contribution in [1.82, 2.24) is 10.2 Å². The highest BCUT2D eigenvalue weighted by Gasteiger charge is 2.40. The number of methoxy groups -OCH3 is 1. The van der Waals surface area contributed by atoms with Crippen molar-refractivity contribution in [2.75, 3.05) is 32.5 Å². The number of benzene rings is 1. The van der Waals surface area contributed by atoms with Gasteiger partial charge in [-0.2, -0.15) is 0 Å². The van der Waals surface area contributed by atoms with Crippen LogP contribution in [0, 0.1) is 10.1 Å². The Kier molecular flexibility index (Phi) is 8.47. The fourth-order valence-electron chi connectivity index (χ4n) is 2.89. The summed E-state index contributed by atoms with van der Waals surface area (Å²) in [5.74, 6) is 0.861. The zero-order chi connectivity index (χ0) is 20.2. The third-order valence-electron chi connectivity index (χ3n) is 4.53. The first-order valence-corrected chi connectivity index (χ1v) is 10.3. The minimum absolute atomic E-state index is 0. The van der Waals surface area contributed by atoms with E-state index in [1.807, 2.05) is 11.8 Å². The molecule has 0 saturated carbocycles. The van der Waals surface area contributed by atoms with Gasteiger partial charge in [0.25, 0.3) is 0 Å². The van der Waals surface area contributed by atoms with Crippen molar-refractivity contribution < 1.29 is 18.1 Å². The Balaban J connectivity index is 0.00000392. The molecule has 0 aromatic heterocycles. The lowest BCUT2D eigenvalue weighted by molar-refractivity contribution is -0.385. The standard InChI is InChI=1S/C17H26N4O5S.HI/c1-5-18-16(20-8-9-27(24,25)17(2,3)12-20)19-11-13-6-7-15(26-4)14(10-13)21(22)23;/h6-7,10H,5,8-9,11-12H2,1-4H3,(H,18,19);1H. The lowest BCUT2D eigenvalue weighted by Gasteiger charge is -2.39. The van der Waals surface area contributed by atoms with Crippen molar-refractivity contribution >= 4 is 45.5 Å². The predicted octanol–water partition coefficient (Wildman–Crippen LogP) is 2.20. The second-order valence-corrected chi connectivity index (χ2v) is 9.68. The normalized spacial score (nSPS) is 18.1. The molecule has 0 unspecified atom stereocenters. The van der Waals surface area contributed by atoms with Crippen LogP contribution in [0.5, 0.6) is 5.75 Å². The van der Waals surface area contributed by atoms with Crippen LogP contribution in [0.2, 0.25) is 0 Å². The first-order valence-electron chi connectivity index (χ1n) is 8.68. The van der Waals surface area contributed by atoms with Gasteiger partial charge in [-0.1, -0.05) is 6.07 Å². The Morgan fingerprint density at radius 1 is 1.43 bits per heavy atom. The fraction of sp³-hybridized carbons (Fsp3) is 0.588. The van der Waals surface area contributed by atoms with Crippen LogP contribution in [0.4, 0.5) is 5.69 Å². The van der Waals surface area contributed by atoms with Gasteiger partial charge in [-0.25, -0.2) is 13.4 Å². The third kappa shape index (κ3) is 5.46. The molecule has 158 valence electrons. The molecule has 0 radical (unpaired) electrons. The second-order valence-electron chi connectivity index (χ2n) is 6.93. The maximum Gasteiger partial charge on any atom is 0.311 e. The summed E-state index contributed by atoms with van der Waals surface area (Å²) < 4.78 is 28.6.